The van der Waals surface area contributed by atoms with Crippen molar-refractivity contribution < 1.29 is 42.5 Å². The van der Waals surface area contributed by atoms with E-state index in [1.165, 1.54) is 17.9 Å². The molecule has 0 saturated heterocycles. The summed E-state index contributed by atoms with van der Waals surface area (Å²) in [5.74, 6) is -4.79. The molecule has 1 aliphatic carbocycles. The van der Waals surface area contributed by atoms with E-state index in [0.29, 0.717) is 5.56 Å². The first-order valence-corrected chi connectivity index (χ1v) is 13.7. The Morgan fingerprint density at radius 2 is 1.76 bits per heavy atom. The van der Waals surface area contributed by atoms with Gasteiger partial charge in [-0.1, -0.05) is 41.9 Å². The fourth-order valence-corrected chi connectivity index (χ4v) is 5.14. The van der Waals surface area contributed by atoms with Gasteiger partial charge in [-0.15, -0.1) is 0 Å². The zero-order valence-electron chi connectivity index (χ0n) is 23.5. The summed E-state index contributed by atoms with van der Waals surface area (Å²) in [6, 6.07) is 9.15. The van der Waals surface area contributed by atoms with E-state index in [-0.39, 0.29) is 60.8 Å². The molecule has 12 heteroatoms. The van der Waals surface area contributed by atoms with Crippen LogP contribution < -0.4 is 14.8 Å². The van der Waals surface area contributed by atoms with E-state index in [1.54, 1.807) is 20.8 Å². The van der Waals surface area contributed by atoms with Crippen LogP contribution in [-0.2, 0) is 16.1 Å². The van der Waals surface area contributed by atoms with Gasteiger partial charge in [0.2, 0.25) is 0 Å². The maximum atomic E-state index is 13.7. The highest BCUT2D eigenvalue weighted by molar-refractivity contribution is 6.33. The Hall–Kier alpha value is -3.44. The van der Waals surface area contributed by atoms with Crippen LogP contribution >= 0.6 is 11.6 Å². The van der Waals surface area contributed by atoms with Crippen LogP contribution in [0.3, 0.4) is 0 Å². The molecule has 1 unspecified atom stereocenters. The van der Waals surface area contributed by atoms with E-state index in [2.05, 4.69) is 5.32 Å². The van der Waals surface area contributed by atoms with E-state index >= 15 is 0 Å². The smallest absolute Gasteiger partial charge is 0.329 e. The first-order valence-electron chi connectivity index (χ1n) is 13.3. The van der Waals surface area contributed by atoms with Crippen LogP contribution in [0.25, 0.3) is 0 Å². The molecular formula is C29H35ClF2N2O7. The van der Waals surface area contributed by atoms with Gasteiger partial charge in [0.15, 0.2) is 17.1 Å². The number of urea groups is 1. The molecule has 2 N–H and O–H groups in total. The number of carbonyl (C=O) groups excluding carboxylic acids is 2. The van der Waals surface area contributed by atoms with Crippen molar-refractivity contribution in [2.75, 3.05) is 26.4 Å². The number of halogens is 3. The number of ether oxygens (including phenoxy) is 3. The van der Waals surface area contributed by atoms with Crippen molar-refractivity contribution in [1.82, 2.24) is 10.2 Å². The van der Waals surface area contributed by atoms with E-state index in [0.717, 1.165) is 5.56 Å². The summed E-state index contributed by atoms with van der Waals surface area (Å²) >= 11 is 6.74. The minimum Gasteiger partial charge on any atom is -0.493 e. The molecule has 9 nitrogen and oxygen atoms in total. The van der Waals surface area contributed by atoms with E-state index in [4.69, 9.17) is 25.8 Å². The first kappa shape index (κ1) is 32.1. The molecule has 41 heavy (non-hydrogen) atoms. The molecule has 0 aliphatic heterocycles. The fraction of sp³-hybridized carbons (Fsp3) is 0.483. The zero-order valence-corrected chi connectivity index (χ0v) is 24.2. The molecule has 2 aromatic carbocycles. The summed E-state index contributed by atoms with van der Waals surface area (Å²) in [5, 5.41) is 12.1. The highest BCUT2D eigenvalue weighted by Gasteiger charge is 2.62. The molecular weight excluding hydrogens is 562 g/mol. The molecule has 0 spiro atoms. The quantitative estimate of drug-likeness (QED) is 0.207. The van der Waals surface area contributed by atoms with Gasteiger partial charge in [-0.05, 0) is 39.3 Å². The van der Waals surface area contributed by atoms with Gasteiger partial charge in [-0.25, -0.2) is 18.4 Å². The van der Waals surface area contributed by atoms with Crippen LogP contribution in [-0.4, -0.2) is 65.6 Å². The number of ketones is 1. The Balaban J connectivity index is 1.96. The molecule has 1 saturated carbocycles. The predicted octanol–water partition coefficient (Wildman–Crippen LogP) is 5.88. The standard InChI is InChI=1S/C29H35ClF2N2O7/c1-5-40-22-14-21(24(30)25(41-6-2)23(22)19(4)35)18(3)34(12-13-39-15-20-10-8-7-9-11-20)27(38)33-28(26(36)37)16-29(31,32)17-28/h7-11,14,18H,5-6,12-13,15-17H2,1-4H3,(H,33,38)(H,36,37). The largest absolute Gasteiger partial charge is 0.493 e. The number of rotatable bonds is 14. The van der Waals surface area contributed by atoms with Gasteiger partial charge in [0.05, 0.1) is 37.5 Å². The summed E-state index contributed by atoms with van der Waals surface area (Å²) in [5.41, 5.74) is -0.703. The molecule has 1 aliphatic rings. The monoisotopic (exact) mass is 596 g/mol. The van der Waals surface area contributed by atoms with Gasteiger partial charge in [0.25, 0.3) is 5.92 Å². The van der Waals surface area contributed by atoms with Crippen LogP contribution in [0.5, 0.6) is 11.5 Å². The lowest BCUT2D eigenvalue weighted by Gasteiger charge is -2.45. The maximum Gasteiger partial charge on any atom is 0.329 e. The number of carboxylic acid groups (broad SMARTS) is 1. The van der Waals surface area contributed by atoms with Crippen molar-refractivity contribution in [3.05, 3.63) is 58.1 Å². The van der Waals surface area contributed by atoms with Gasteiger partial charge in [0, 0.05) is 24.9 Å². The van der Waals surface area contributed by atoms with E-state index < -0.39 is 42.3 Å². The van der Waals surface area contributed by atoms with Crippen molar-refractivity contribution in [3.8, 4) is 11.5 Å². The molecule has 1 fully saturated rings. The molecule has 224 valence electrons. The number of aliphatic carboxylic acids is 1. The Labute approximate surface area is 242 Å². The Morgan fingerprint density at radius 3 is 2.29 bits per heavy atom. The summed E-state index contributed by atoms with van der Waals surface area (Å²) in [7, 11) is 0. The lowest BCUT2D eigenvalue weighted by molar-refractivity contribution is -0.175. The number of nitrogens with one attached hydrogen (secondary N) is 1. The zero-order chi connectivity index (χ0) is 30.4. The number of carboxylic acids is 1. The second-order valence-electron chi connectivity index (χ2n) is 9.84. The number of alkyl halides is 2. The molecule has 0 bridgehead atoms. The number of carbonyl (C=O) groups is 3. The predicted molar refractivity (Wildman–Crippen MR) is 148 cm³/mol. The number of benzene rings is 2. The highest BCUT2D eigenvalue weighted by Crippen LogP contribution is 2.46. The minimum absolute atomic E-state index is 0.0371. The molecule has 0 aromatic heterocycles. The van der Waals surface area contributed by atoms with Gasteiger partial charge >= 0.3 is 12.0 Å². The normalized spacial score (nSPS) is 15.8. The molecule has 3 rings (SSSR count). The third kappa shape index (κ3) is 7.45. The minimum atomic E-state index is -3.20. The molecule has 0 radical (unpaired) electrons. The molecule has 0 heterocycles. The van der Waals surface area contributed by atoms with E-state index in [9.17, 15) is 28.3 Å². The van der Waals surface area contributed by atoms with Gasteiger partial charge < -0.3 is 29.5 Å². The number of nitrogens with zero attached hydrogens (tertiary/aromatic N) is 1. The molecule has 2 aromatic rings. The average molecular weight is 597 g/mol. The van der Waals surface area contributed by atoms with Crippen LogP contribution in [0.15, 0.2) is 36.4 Å². The third-order valence-electron chi connectivity index (χ3n) is 6.80. The molecule has 1 atom stereocenters. The number of amides is 2. The third-order valence-corrected chi connectivity index (χ3v) is 7.19. The SMILES string of the molecule is CCOc1cc(C(C)N(CCOCc2ccccc2)C(=O)NC2(C(=O)O)CC(F)(F)C2)c(Cl)c(OCC)c1C(C)=O. The van der Waals surface area contributed by atoms with Gasteiger partial charge in [0.1, 0.15) is 11.3 Å². The second-order valence-corrected chi connectivity index (χ2v) is 10.2. The van der Waals surface area contributed by atoms with Crippen LogP contribution in [0.4, 0.5) is 13.6 Å². The van der Waals surface area contributed by atoms with Crippen molar-refractivity contribution in [3.63, 3.8) is 0 Å². The second kappa shape index (κ2) is 13.5. The van der Waals surface area contributed by atoms with Crippen molar-refractivity contribution in [1.29, 1.82) is 0 Å². The topological polar surface area (TPSA) is 114 Å². The van der Waals surface area contributed by atoms with Crippen molar-refractivity contribution in [2.24, 2.45) is 0 Å². The lowest BCUT2D eigenvalue weighted by atomic mass is 9.73. The number of hydrogen-bond acceptors (Lipinski definition) is 6. The summed E-state index contributed by atoms with van der Waals surface area (Å²) < 4.78 is 44.7. The number of Topliss-reactive ketones (excluding diaryl/α,β-unsaturated/α-hetero) is 1. The average Bonchev–Trinajstić information content (AvgIpc) is 2.89. The maximum absolute atomic E-state index is 13.7. The summed E-state index contributed by atoms with van der Waals surface area (Å²) in [6.07, 6.45) is -2.05. The van der Waals surface area contributed by atoms with Crippen LogP contribution in [0.2, 0.25) is 5.02 Å². The lowest BCUT2D eigenvalue weighted by Crippen LogP contribution is -2.68. The van der Waals surface area contributed by atoms with Crippen molar-refractivity contribution in [2.45, 2.75) is 64.6 Å². The first-order chi connectivity index (χ1) is 19.4. The highest BCUT2D eigenvalue weighted by atomic mass is 35.5. The van der Waals surface area contributed by atoms with Crippen LogP contribution in [0.1, 0.15) is 68.1 Å². The Kier molecular flexibility index (Phi) is 10.5. The molecule has 2 amide bonds. The number of hydrogen-bond donors (Lipinski definition) is 2. The summed E-state index contributed by atoms with van der Waals surface area (Å²) in [6.45, 7) is 7.14. The Bertz CT molecular complexity index is 1250. The van der Waals surface area contributed by atoms with Gasteiger partial charge in [-0.3, -0.25) is 4.79 Å². The fourth-order valence-electron chi connectivity index (χ4n) is 4.78. The van der Waals surface area contributed by atoms with Gasteiger partial charge in [-0.2, -0.15) is 0 Å². The van der Waals surface area contributed by atoms with E-state index in [1.807, 2.05) is 30.3 Å². The van der Waals surface area contributed by atoms with Crippen LogP contribution in [0, 0.1) is 0 Å². The Morgan fingerprint density at radius 1 is 1.12 bits per heavy atom. The summed E-state index contributed by atoms with van der Waals surface area (Å²) in [4.78, 5) is 39.2. The van der Waals surface area contributed by atoms with Crippen molar-refractivity contribution >= 4 is 29.4 Å².